The van der Waals surface area contributed by atoms with E-state index in [0.29, 0.717) is 28.5 Å². The highest BCUT2D eigenvalue weighted by atomic mass is 32.2. The van der Waals surface area contributed by atoms with Gasteiger partial charge < -0.3 is 4.74 Å². The van der Waals surface area contributed by atoms with Crippen LogP contribution < -0.4 is 9.46 Å². The SMILES string of the molecule is Cc1ccc(-c2ccc(OCC(Cc3ccccc3NS(C)(=O)=O)N(O)C=O)cc2)cc1. The summed E-state index contributed by atoms with van der Waals surface area (Å²) in [5.74, 6) is 0.590. The highest BCUT2D eigenvalue weighted by molar-refractivity contribution is 7.92. The Hall–Kier alpha value is -3.36. The van der Waals surface area contributed by atoms with Crippen LogP contribution in [0.15, 0.2) is 72.8 Å². The molecular formula is C24H26N2O5S. The number of hydroxylamine groups is 2. The Bertz CT molecular complexity index is 1150. The molecule has 3 rings (SSSR count). The Labute approximate surface area is 188 Å². The molecule has 0 spiro atoms. The predicted octanol–water partition coefficient (Wildman–Crippen LogP) is 3.87. The van der Waals surface area contributed by atoms with E-state index >= 15 is 0 Å². The van der Waals surface area contributed by atoms with Crippen molar-refractivity contribution in [1.29, 1.82) is 0 Å². The highest BCUT2D eigenvalue weighted by Crippen LogP contribution is 2.24. The van der Waals surface area contributed by atoms with Gasteiger partial charge in [-0.25, -0.2) is 13.5 Å². The van der Waals surface area contributed by atoms with Crippen molar-refractivity contribution in [2.75, 3.05) is 17.6 Å². The summed E-state index contributed by atoms with van der Waals surface area (Å²) in [7, 11) is -3.47. The van der Waals surface area contributed by atoms with Gasteiger partial charge in [-0.2, -0.15) is 0 Å². The standard InChI is InChI=1S/C24H26N2O5S/c1-18-7-9-19(10-8-18)20-11-13-23(14-12-20)31-16-22(26(28)17-27)15-21-5-3-4-6-24(21)25-32(2,29)30/h3-14,17,22,25,28H,15-16H2,1-2H3. The molecule has 8 heteroatoms. The molecule has 1 atom stereocenters. The monoisotopic (exact) mass is 454 g/mol. The van der Waals surface area contributed by atoms with Gasteiger partial charge in [0, 0.05) is 6.42 Å². The fourth-order valence-electron chi connectivity index (χ4n) is 3.25. The van der Waals surface area contributed by atoms with Crippen LogP contribution in [0.3, 0.4) is 0 Å². The molecule has 1 amide bonds. The first-order valence-corrected chi connectivity index (χ1v) is 11.9. The lowest BCUT2D eigenvalue weighted by molar-refractivity contribution is -0.162. The van der Waals surface area contributed by atoms with Gasteiger partial charge in [-0.05, 0) is 41.8 Å². The lowest BCUT2D eigenvalue weighted by Gasteiger charge is -2.24. The van der Waals surface area contributed by atoms with Crippen molar-refractivity contribution in [1.82, 2.24) is 5.06 Å². The van der Waals surface area contributed by atoms with E-state index < -0.39 is 16.1 Å². The average Bonchev–Trinajstić information content (AvgIpc) is 2.77. The van der Waals surface area contributed by atoms with Crippen LogP contribution in [0.4, 0.5) is 5.69 Å². The van der Waals surface area contributed by atoms with Gasteiger partial charge in [-0.3, -0.25) is 14.7 Å². The largest absolute Gasteiger partial charge is 0.491 e. The maximum Gasteiger partial charge on any atom is 0.233 e. The molecule has 168 valence electrons. The number of nitrogens with one attached hydrogen (secondary N) is 1. The van der Waals surface area contributed by atoms with E-state index in [9.17, 15) is 18.4 Å². The van der Waals surface area contributed by atoms with Crippen molar-refractivity contribution in [2.24, 2.45) is 0 Å². The number of ether oxygens (including phenoxy) is 1. The zero-order chi connectivity index (χ0) is 23.1. The zero-order valence-electron chi connectivity index (χ0n) is 17.9. The van der Waals surface area contributed by atoms with E-state index in [0.717, 1.165) is 17.4 Å². The van der Waals surface area contributed by atoms with Crippen LogP contribution in [-0.2, 0) is 21.2 Å². The van der Waals surface area contributed by atoms with Gasteiger partial charge in [-0.1, -0.05) is 60.2 Å². The van der Waals surface area contributed by atoms with Crippen LogP contribution in [0, 0.1) is 6.92 Å². The van der Waals surface area contributed by atoms with Crippen molar-refractivity contribution in [2.45, 2.75) is 19.4 Å². The number of sulfonamides is 1. The number of para-hydroxylation sites is 1. The Kier molecular flexibility index (Phi) is 7.50. The smallest absolute Gasteiger partial charge is 0.233 e. The number of hydrogen-bond donors (Lipinski definition) is 2. The fraction of sp³-hybridized carbons (Fsp3) is 0.208. The molecule has 0 aromatic heterocycles. The molecule has 0 fully saturated rings. The number of benzene rings is 3. The van der Waals surface area contributed by atoms with Crippen LogP contribution in [0.5, 0.6) is 5.75 Å². The second-order valence-corrected chi connectivity index (χ2v) is 9.32. The number of nitrogens with zero attached hydrogens (tertiary/aromatic N) is 1. The van der Waals surface area contributed by atoms with Gasteiger partial charge in [0.05, 0.1) is 18.0 Å². The van der Waals surface area contributed by atoms with Crippen molar-refractivity contribution >= 4 is 22.1 Å². The number of aryl methyl sites for hydroxylation is 1. The molecule has 0 saturated heterocycles. The van der Waals surface area contributed by atoms with E-state index in [1.165, 1.54) is 5.56 Å². The first-order valence-electron chi connectivity index (χ1n) is 10.0. The predicted molar refractivity (Wildman–Crippen MR) is 124 cm³/mol. The number of carbonyl (C=O) groups excluding carboxylic acids is 1. The summed E-state index contributed by atoms with van der Waals surface area (Å²) in [5.41, 5.74) is 4.35. The van der Waals surface area contributed by atoms with Crippen LogP contribution >= 0.6 is 0 Å². The summed E-state index contributed by atoms with van der Waals surface area (Å²) in [6.45, 7) is 2.06. The molecule has 0 bridgehead atoms. The summed E-state index contributed by atoms with van der Waals surface area (Å²) in [6.07, 6.45) is 1.56. The van der Waals surface area contributed by atoms with Crippen LogP contribution in [0.25, 0.3) is 11.1 Å². The fourth-order valence-corrected chi connectivity index (χ4v) is 3.85. The Morgan fingerprint density at radius 2 is 1.59 bits per heavy atom. The van der Waals surface area contributed by atoms with Crippen molar-refractivity contribution < 1.29 is 23.2 Å². The second kappa shape index (κ2) is 10.3. The van der Waals surface area contributed by atoms with Gasteiger partial charge in [0.25, 0.3) is 0 Å². The topological polar surface area (TPSA) is 95.9 Å². The Balaban J connectivity index is 1.71. The van der Waals surface area contributed by atoms with Gasteiger partial charge in [0.1, 0.15) is 12.4 Å². The third-order valence-corrected chi connectivity index (χ3v) is 5.52. The quantitative estimate of drug-likeness (QED) is 0.275. The first kappa shape index (κ1) is 23.3. The molecule has 7 nitrogen and oxygen atoms in total. The molecule has 0 saturated carbocycles. The molecule has 3 aromatic carbocycles. The number of hydrogen-bond acceptors (Lipinski definition) is 5. The van der Waals surface area contributed by atoms with E-state index in [1.807, 2.05) is 31.2 Å². The molecule has 32 heavy (non-hydrogen) atoms. The van der Waals surface area contributed by atoms with E-state index in [2.05, 4.69) is 29.0 Å². The average molecular weight is 455 g/mol. The molecule has 0 aliphatic heterocycles. The van der Waals surface area contributed by atoms with Gasteiger partial charge >= 0.3 is 0 Å². The van der Waals surface area contributed by atoms with E-state index in [1.54, 1.807) is 24.3 Å². The highest BCUT2D eigenvalue weighted by Gasteiger charge is 2.20. The summed E-state index contributed by atoms with van der Waals surface area (Å²) >= 11 is 0. The summed E-state index contributed by atoms with van der Waals surface area (Å²) in [6, 6.07) is 21.8. The maximum absolute atomic E-state index is 11.6. The van der Waals surface area contributed by atoms with Crippen molar-refractivity contribution in [3.8, 4) is 16.9 Å². The molecule has 0 radical (unpaired) electrons. The maximum atomic E-state index is 11.6. The van der Waals surface area contributed by atoms with E-state index in [4.69, 9.17) is 4.74 Å². The van der Waals surface area contributed by atoms with Crippen molar-refractivity contribution in [3.63, 3.8) is 0 Å². The molecular weight excluding hydrogens is 428 g/mol. The molecule has 3 aromatic rings. The Morgan fingerprint density at radius 3 is 2.19 bits per heavy atom. The summed E-state index contributed by atoms with van der Waals surface area (Å²) in [5, 5.41) is 10.6. The molecule has 0 aliphatic rings. The van der Waals surface area contributed by atoms with Gasteiger partial charge in [0.15, 0.2) is 0 Å². The minimum absolute atomic E-state index is 0.0202. The minimum atomic E-state index is -3.47. The normalized spacial score (nSPS) is 12.1. The molecule has 2 N–H and O–H groups in total. The van der Waals surface area contributed by atoms with Crippen molar-refractivity contribution in [3.05, 3.63) is 83.9 Å². The second-order valence-electron chi connectivity index (χ2n) is 7.58. The lowest BCUT2D eigenvalue weighted by Crippen LogP contribution is -2.38. The van der Waals surface area contributed by atoms with Crippen LogP contribution in [0.2, 0.25) is 0 Å². The third-order valence-electron chi connectivity index (χ3n) is 4.93. The number of carbonyl (C=O) groups is 1. The molecule has 1 unspecified atom stereocenters. The van der Waals surface area contributed by atoms with Crippen LogP contribution in [-0.4, -0.2) is 44.0 Å². The first-order chi connectivity index (χ1) is 15.2. The lowest BCUT2D eigenvalue weighted by atomic mass is 10.0. The van der Waals surface area contributed by atoms with Gasteiger partial charge in [-0.15, -0.1) is 0 Å². The number of rotatable bonds is 10. The minimum Gasteiger partial charge on any atom is -0.491 e. The zero-order valence-corrected chi connectivity index (χ0v) is 18.7. The number of amides is 1. The van der Waals surface area contributed by atoms with Gasteiger partial charge in [0.2, 0.25) is 16.4 Å². The Morgan fingerprint density at radius 1 is 1.00 bits per heavy atom. The third kappa shape index (κ3) is 6.57. The van der Waals surface area contributed by atoms with E-state index in [-0.39, 0.29) is 13.0 Å². The summed E-state index contributed by atoms with van der Waals surface area (Å²) < 4.78 is 31.5. The molecule has 0 aliphatic carbocycles. The summed E-state index contributed by atoms with van der Waals surface area (Å²) in [4.78, 5) is 11.2. The number of anilines is 1. The van der Waals surface area contributed by atoms with Crippen LogP contribution in [0.1, 0.15) is 11.1 Å². The molecule has 0 heterocycles.